The number of amides is 2. The number of thioether (sulfide) groups is 1. The van der Waals surface area contributed by atoms with Gasteiger partial charge in [0.15, 0.2) is 0 Å². The Morgan fingerprint density at radius 2 is 2.00 bits per heavy atom. The highest BCUT2D eigenvalue weighted by atomic mass is 32.2. The van der Waals surface area contributed by atoms with E-state index in [4.69, 9.17) is 9.26 Å². The number of ketones is 2. The van der Waals surface area contributed by atoms with Crippen molar-refractivity contribution >= 4 is 35.0 Å². The molecule has 1 heterocycles. The predicted molar refractivity (Wildman–Crippen MR) is 100.0 cm³/mol. The largest absolute Gasteiger partial charge is 0.379 e. The summed E-state index contributed by atoms with van der Waals surface area (Å²) >= 11 is 1.24. The fourth-order valence-corrected chi connectivity index (χ4v) is 3.17. The van der Waals surface area contributed by atoms with Gasteiger partial charge in [0.25, 0.3) is 0 Å². The van der Waals surface area contributed by atoms with Crippen LogP contribution in [-0.2, 0) is 4.74 Å². The van der Waals surface area contributed by atoms with Crippen LogP contribution in [0.25, 0.3) is 0 Å². The number of Topliss-reactive ketones (excluding diaryl/α,β-unsaturated/α-hetero) is 1. The van der Waals surface area contributed by atoms with Crippen molar-refractivity contribution in [3.63, 3.8) is 0 Å². The number of urea groups is 1. The number of nitrogens with one attached hydrogen (secondary N) is 2. The number of hydrogen-bond donors (Lipinski definition) is 2. The Kier molecular flexibility index (Phi) is 6.39. The summed E-state index contributed by atoms with van der Waals surface area (Å²) in [6.45, 7) is 1.07. The lowest BCUT2D eigenvalue weighted by Crippen LogP contribution is -2.31. The number of para-hydroxylation sites is 1. The molecule has 0 spiro atoms. The molecule has 0 saturated heterocycles. The van der Waals surface area contributed by atoms with Crippen molar-refractivity contribution in [1.82, 2.24) is 10.5 Å². The highest BCUT2D eigenvalue weighted by Gasteiger charge is 2.29. The molecule has 0 aliphatic heterocycles. The molecule has 0 radical (unpaired) electrons. The number of carbonyl (C=O) groups excluding carboxylic acids is 3. The second kappa shape index (κ2) is 9.15. The number of anilines is 1. The van der Waals surface area contributed by atoms with Crippen molar-refractivity contribution in [2.24, 2.45) is 0 Å². The molecule has 0 unspecified atom stereocenters. The van der Waals surface area contributed by atoms with Crippen LogP contribution in [0.2, 0.25) is 0 Å². The summed E-state index contributed by atoms with van der Waals surface area (Å²) < 4.78 is 10.2. The zero-order valence-electron chi connectivity index (χ0n) is 14.3. The Labute approximate surface area is 159 Å². The number of fused-ring (bicyclic) bond motifs is 1. The smallest absolute Gasteiger partial charge is 0.319 e. The minimum absolute atomic E-state index is 0.0135. The molecule has 1 aromatic heterocycles. The molecule has 0 atom stereocenters. The SMILES string of the molecule is O=C(NCCOCCSC1=CC(=O)c2oncc2C1=O)Nc1ccccc1. The van der Waals surface area contributed by atoms with Crippen molar-refractivity contribution in [2.45, 2.75) is 0 Å². The maximum atomic E-state index is 12.2. The van der Waals surface area contributed by atoms with E-state index in [1.807, 2.05) is 18.2 Å². The molecule has 2 N–H and O–H groups in total. The summed E-state index contributed by atoms with van der Waals surface area (Å²) in [6.07, 6.45) is 2.52. The van der Waals surface area contributed by atoms with E-state index in [9.17, 15) is 14.4 Å². The van der Waals surface area contributed by atoms with Crippen LogP contribution in [0.4, 0.5) is 10.5 Å². The standard InChI is InChI=1S/C18H17N3O5S/c22-14-10-15(16(23)13-11-20-26-17(13)14)27-9-8-25-7-6-19-18(24)21-12-4-2-1-3-5-12/h1-5,10-11H,6-9H2,(H2,19,21,24). The van der Waals surface area contributed by atoms with Gasteiger partial charge in [0.05, 0.1) is 29.9 Å². The topological polar surface area (TPSA) is 111 Å². The van der Waals surface area contributed by atoms with Gasteiger partial charge in [0, 0.05) is 24.1 Å². The van der Waals surface area contributed by atoms with Crippen molar-refractivity contribution in [1.29, 1.82) is 0 Å². The third-order valence-corrected chi connectivity index (χ3v) is 4.56. The van der Waals surface area contributed by atoms with E-state index in [-0.39, 0.29) is 28.9 Å². The fourth-order valence-electron chi connectivity index (χ4n) is 2.32. The fraction of sp³-hybridized carbons (Fsp3) is 0.222. The summed E-state index contributed by atoms with van der Waals surface area (Å²) in [5, 5.41) is 8.87. The molecular formula is C18H17N3O5S. The van der Waals surface area contributed by atoms with Crippen LogP contribution < -0.4 is 10.6 Å². The molecule has 3 rings (SSSR count). The van der Waals surface area contributed by atoms with Crippen molar-refractivity contribution in [3.05, 3.63) is 58.8 Å². The van der Waals surface area contributed by atoms with Gasteiger partial charge < -0.3 is 19.9 Å². The quantitative estimate of drug-likeness (QED) is 0.670. The monoisotopic (exact) mass is 387 g/mol. The van der Waals surface area contributed by atoms with E-state index in [0.29, 0.717) is 36.1 Å². The van der Waals surface area contributed by atoms with Gasteiger partial charge in [-0.25, -0.2) is 4.79 Å². The van der Waals surface area contributed by atoms with Gasteiger partial charge in [-0.1, -0.05) is 23.4 Å². The van der Waals surface area contributed by atoms with Crippen LogP contribution in [0.5, 0.6) is 0 Å². The molecule has 1 aromatic carbocycles. The third kappa shape index (κ3) is 5.05. The lowest BCUT2D eigenvalue weighted by atomic mass is 10.0. The van der Waals surface area contributed by atoms with Gasteiger partial charge in [0.2, 0.25) is 17.3 Å². The number of aromatic nitrogens is 1. The lowest BCUT2D eigenvalue weighted by Gasteiger charge is -2.10. The second-order valence-electron chi connectivity index (χ2n) is 5.48. The number of nitrogens with zero attached hydrogens (tertiary/aromatic N) is 1. The van der Waals surface area contributed by atoms with Crippen LogP contribution in [-0.4, -0.2) is 48.3 Å². The molecule has 9 heteroatoms. The van der Waals surface area contributed by atoms with Crippen LogP contribution in [0.3, 0.4) is 0 Å². The first-order chi connectivity index (χ1) is 13.1. The van der Waals surface area contributed by atoms with Gasteiger partial charge >= 0.3 is 6.03 Å². The van der Waals surface area contributed by atoms with Crippen molar-refractivity contribution in [3.8, 4) is 0 Å². The second-order valence-corrected chi connectivity index (χ2v) is 6.62. The Hall–Kier alpha value is -2.91. The minimum Gasteiger partial charge on any atom is -0.379 e. The van der Waals surface area contributed by atoms with Crippen LogP contribution in [0.1, 0.15) is 20.9 Å². The van der Waals surface area contributed by atoms with E-state index >= 15 is 0 Å². The van der Waals surface area contributed by atoms with Crippen LogP contribution >= 0.6 is 11.8 Å². The summed E-state index contributed by atoms with van der Waals surface area (Å²) in [4.78, 5) is 36.0. The Morgan fingerprint density at radius 3 is 2.81 bits per heavy atom. The average Bonchev–Trinajstić information content (AvgIpc) is 3.16. The van der Waals surface area contributed by atoms with Gasteiger partial charge in [-0.05, 0) is 12.1 Å². The molecule has 0 saturated carbocycles. The first kappa shape index (κ1) is 18.9. The Bertz CT molecular complexity index is 863. The van der Waals surface area contributed by atoms with E-state index in [0.717, 1.165) is 0 Å². The van der Waals surface area contributed by atoms with Gasteiger partial charge in [-0.3, -0.25) is 9.59 Å². The maximum absolute atomic E-state index is 12.2. The number of ether oxygens (including phenoxy) is 1. The van der Waals surface area contributed by atoms with Gasteiger partial charge in [0.1, 0.15) is 0 Å². The van der Waals surface area contributed by atoms with E-state index in [1.54, 1.807) is 12.1 Å². The highest BCUT2D eigenvalue weighted by molar-refractivity contribution is 8.04. The lowest BCUT2D eigenvalue weighted by molar-refractivity contribution is 0.0967. The summed E-state index contributed by atoms with van der Waals surface area (Å²) in [5.74, 6) is -0.142. The molecule has 140 valence electrons. The minimum atomic E-state index is -0.362. The molecule has 1 aliphatic rings. The Morgan fingerprint density at radius 1 is 1.19 bits per heavy atom. The number of rotatable bonds is 8. The molecule has 1 aliphatic carbocycles. The summed E-state index contributed by atoms with van der Waals surface area (Å²) in [7, 11) is 0. The van der Waals surface area contributed by atoms with E-state index < -0.39 is 0 Å². The zero-order chi connectivity index (χ0) is 19.1. The molecule has 2 aromatic rings. The van der Waals surface area contributed by atoms with Crippen molar-refractivity contribution in [2.75, 3.05) is 30.8 Å². The van der Waals surface area contributed by atoms with Gasteiger partial charge in [-0.15, -0.1) is 11.8 Å². The first-order valence-electron chi connectivity index (χ1n) is 8.21. The molecule has 0 fully saturated rings. The number of benzene rings is 1. The molecule has 8 nitrogen and oxygen atoms in total. The normalized spacial score (nSPS) is 13.1. The summed E-state index contributed by atoms with van der Waals surface area (Å²) in [5.41, 5.74) is 0.905. The van der Waals surface area contributed by atoms with E-state index in [2.05, 4.69) is 15.8 Å². The summed E-state index contributed by atoms with van der Waals surface area (Å²) in [6, 6.07) is 8.82. The molecular weight excluding hydrogens is 370 g/mol. The van der Waals surface area contributed by atoms with Crippen LogP contribution in [0.15, 0.2) is 52.0 Å². The average molecular weight is 387 g/mol. The predicted octanol–water partition coefficient (Wildman–Crippen LogP) is 2.51. The van der Waals surface area contributed by atoms with Gasteiger partial charge in [-0.2, -0.15) is 0 Å². The molecule has 2 amide bonds. The Balaban J connectivity index is 1.29. The zero-order valence-corrected chi connectivity index (χ0v) is 15.1. The third-order valence-electron chi connectivity index (χ3n) is 3.57. The molecule has 27 heavy (non-hydrogen) atoms. The highest BCUT2D eigenvalue weighted by Crippen LogP contribution is 2.27. The number of carbonyl (C=O) groups is 3. The number of allylic oxidation sites excluding steroid dienone is 2. The first-order valence-corrected chi connectivity index (χ1v) is 9.19. The van der Waals surface area contributed by atoms with Crippen LogP contribution in [0, 0.1) is 0 Å². The maximum Gasteiger partial charge on any atom is 0.319 e. The molecule has 0 bridgehead atoms. The number of hydrogen-bond acceptors (Lipinski definition) is 7. The van der Waals surface area contributed by atoms with Crippen molar-refractivity contribution < 1.29 is 23.6 Å². The van der Waals surface area contributed by atoms with E-state index in [1.165, 1.54) is 24.0 Å².